The fourth-order valence-electron chi connectivity index (χ4n) is 3.73. The monoisotopic (exact) mass is 468 g/mol. The molecular weight excluding hydrogens is 444 g/mol. The minimum atomic E-state index is 0.0288. The Bertz CT molecular complexity index is 1040. The summed E-state index contributed by atoms with van der Waals surface area (Å²) in [5, 5.41) is 7.21. The van der Waals surface area contributed by atoms with E-state index in [1.165, 1.54) is 5.56 Å². The molecule has 0 unspecified atom stereocenters. The lowest BCUT2D eigenvalue weighted by atomic mass is 9.95. The number of nitrogens with one attached hydrogen (secondary N) is 1. The molecule has 1 aromatic heterocycles. The molecular formula is C23H25BrN4O2. The maximum Gasteiger partial charge on any atom is 0.241 e. The second kappa shape index (κ2) is 9.10. The van der Waals surface area contributed by atoms with Crippen LogP contribution in [0, 0.1) is 19.8 Å². The van der Waals surface area contributed by atoms with Crippen LogP contribution in [0.3, 0.4) is 0 Å². The van der Waals surface area contributed by atoms with Gasteiger partial charge >= 0.3 is 0 Å². The number of nitrogens with zero attached hydrogens (tertiary/aromatic N) is 3. The summed E-state index contributed by atoms with van der Waals surface area (Å²) in [6.45, 7) is 6.37. The fourth-order valence-corrected chi connectivity index (χ4v) is 4.13. The van der Waals surface area contributed by atoms with E-state index in [-0.39, 0.29) is 11.8 Å². The highest BCUT2D eigenvalue weighted by Gasteiger charge is 2.26. The Kier molecular flexibility index (Phi) is 6.29. The molecule has 1 aliphatic rings. The van der Waals surface area contributed by atoms with E-state index in [2.05, 4.69) is 49.3 Å². The van der Waals surface area contributed by atoms with Crippen LogP contribution < -0.4 is 5.32 Å². The largest absolute Gasteiger partial charge is 0.338 e. The second-order valence-electron chi connectivity index (χ2n) is 7.81. The molecule has 0 radical (unpaired) electrons. The first kappa shape index (κ1) is 20.8. The molecule has 7 heteroatoms. The number of aromatic nitrogens is 2. The fraction of sp³-hybridized carbons (Fsp3) is 0.348. The maximum absolute atomic E-state index is 12.7. The van der Waals surface area contributed by atoms with E-state index in [0.717, 1.165) is 47.2 Å². The summed E-state index contributed by atoms with van der Waals surface area (Å²) in [4.78, 5) is 19.5. The molecule has 1 saturated heterocycles. The average Bonchev–Trinajstić information content (AvgIpc) is 3.20. The molecule has 3 aromatic rings. The smallest absolute Gasteiger partial charge is 0.241 e. The number of halogens is 1. The number of hydrogen-bond acceptors (Lipinski definition) is 5. The molecule has 2 aromatic carbocycles. The lowest BCUT2D eigenvalue weighted by Gasteiger charge is -2.30. The van der Waals surface area contributed by atoms with Gasteiger partial charge < -0.3 is 9.84 Å². The summed E-state index contributed by atoms with van der Waals surface area (Å²) in [5.41, 5.74) is 4.14. The van der Waals surface area contributed by atoms with Crippen molar-refractivity contribution in [3.8, 4) is 11.4 Å². The first-order valence-corrected chi connectivity index (χ1v) is 11.0. The van der Waals surface area contributed by atoms with Crippen molar-refractivity contribution < 1.29 is 9.32 Å². The van der Waals surface area contributed by atoms with Gasteiger partial charge in [0.15, 0.2) is 0 Å². The van der Waals surface area contributed by atoms with Crippen molar-refractivity contribution in [2.75, 3.05) is 18.4 Å². The summed E-state index contributed by atoms with van der Waals surface area (Å²) in [5.74, 6) is 1.33. The van der Waals surface area contributed by atoms with Gasteiger partial charge in [-0.15, -0.1) is 0 Å². The Morgan fingerprint density at radius 2 is 1.97 bits per heavy atom. The number of carbonyl (C=O) groups is 1. The van der Waals surface area contributed by atoms with Crippen LogP contribution in [0.5, 0.6) is 0 Å². The van der Waals surface area contributed by atoms with E-state index < -0.39 is 0 Å². The van der Waals surface area contributed by atoms with Crippen molar-refractivity contribution in [2.45, 2.75) is 33.2 Å². The van der Waals surface area contributed by atoms with Gasteiger partial charge in [0.05, 0.1) is 6.54 Å². The predicted molar refractivity (Wildman–Crippen MR) is 120 cm³/mol. The molecule has 0 saturated carbocycles. The molecule has 1 N–H and O–H groups in total. The molecule has 156 valence electrons. The van der Waals surface area contributed by atoms with Crippen molar-refractivity contribution >= 4 is 27.5 Å². The third-order valence-electron chi connectivity index (χ3n) is 5.73. The number of likely N-dealkylation sites (tertiary alicyclic amines) is 1. The highest BCUT2D eigenvalue weighted by atomic mass is 79.9. The highest BCUT2D eigenvalue weighted by molar-refractivity contribution is 9.10. The Balaban J connectivity index is 1.31. The molecule has 0 atom stereocenters. The first-order valence-electron chi connectivity index (χ1n) is 10.2. The van der Waals surface area contributed by atoms with Crippen LogP contribution in [-0.2, 0) is 11.3 Å². The molecule has 0 aliphatic carbocycles. The van der Waals surface area contributed by atoms with E-state index in [1.54, 1.807) is 0 Å². The Morgan fingerprint density at radius 3 is 2.73 bits per heavy atom. The van der Waals surface area contributed by atoms with Crippen LogP contribution in [0.2, 0.25) is 0 Å². The Hall–Kier alpha value is -2.51. The number of anilines is 1. The van der Waals surface area contributed by atoms with Gasteiger partial charge in [-0.3, -0.25) is 9.69 Å². The van der Waals surface area contributed by atoms with E-state index in [0.29, 0.717) is 18.3 Å². The molecule has 6 nitrogen and oxygen atoms in total. The van der Waals surface area contributed by atoms with Crippen molar-refractivity contribution in [3.05, 3.63) is 64.0 Å². The maximum atomic E-state index is 12.7. The van der Waals surface area contributed by atoms with Crippen LogP contribution in [0.15, 0.2) is 51.5 Å². The average molecular weight is 469 g/mol. The van der Waals surface area contributed by atoms with Crippen molar-refractivity contribution in [1.82, 2.24) is 15.0 Å². The van der Waals surface area contributed by atoms with E-state index in [4.69, 9.17) is 4.52 Å². The van der Waals surface area contributed by atoms with Gasteiger partial charge in [-0.25, -0.2) is 0 Å². The first-order chi connectivity index (χ1) is 14.5. The van der Waals surface area contributed by atoms with Gasteiger partial charge in [0.2, 0.25) is 17.6 Å². The number of benzene rings is 2. The lowest BCUT2D eigenvalue weighted by Crippen LogP contribution is -2.37. The molecule has 0 bridgehead atoms. The molecule has 4 rings (SSSR count). The second-order valence-corrected chi connectivity index (χ2v) is 8.72. The normalized spacial score (nSPS) is 15.3. The molecule has 1 amide bonds. The standard InChI is InChI=1S/C23H25BrN4O2/c1-15-5-3-8-20(16(15)2)25-23(29)17-9-11-28(12-10-17)14-21-26-22(27-30-21)18-6-4-7-19(24)13-18/h3-8,13,17H,9-12,14H2,1-2H3,(H,25,29). The lowest BCUT2D eigenvalue weighted by molar-refractivity contribution is -0.121. The molecule has 0 spiro atoms. The molecule has 2 heterocycles. The van der Waals surface area contributed by atoms with Crippen LogP contribution in [0.4, 0.5) is 5.69 Å². The van der Waals surface area contributed by atoms with Crippen molar-refractivity contribution in [3.63, 3.8) is 0 Å². The topological polar surface area (TPSA) is 71.3 Å². The summed E-state index contributed by atoms with van der Waals surface area (Å²) in [7, 11) is 0. The molecule has 30 heavy (non-hydrogen) atoms. The van der Waals surface area contributed by atoms with Crippen LogP contribution >= 0.6 is 15.9 Å². The quantitative estimate of drug-likeness (QED) is 0.572. The summed E-state index contributed by atoms with van der Waals surface area (Å²) in [6, 6.07) is 13.8. The third-order valence-corrected chi connectivity index (χ3v) is 6.22. The summed E-state index contributed by atoms with van der Waals surface area (Å²) >= 11 is 3.46. The van der Waals surface area contributed by atoms with Gasteiger partial charge in [0.25, 0.3) is 0 Å². The number of amides is 1. The van der Waals surface area contributed by atoms with Crippen LogP contribution in [0.25, 0.3) is 11.4 Å². The zero-order valence-corrected chi connectivity index (χ0v) is 18.8. The van der Waals surface area contributed by atoms with Crippen molar-refractivity contribution in [1.29, 1.82) is 0 Å². The van der Waals surface area contributed by atoms with Gasteiger partial charge in [-0.1, -0.05) is 45.4 Å². The SMILES string of the molecule is Cc1cccc(NC(=O)C2CCN(Cc3nc(-c4cccc(Br)c4)no3)CC2)c1C. The number of carbonyl (C=O) groups excluding carboxylic acids is 1. The minimum absolute atomic E-state index is 0.0288. The van der Waals surface area contributed by atoms with E-state index in [9.17, 15) is 4.79 Å². The number of rotatable bonds is 5. The van der Waals surface area contributed by atoms with E-state index in [1.807, 2.05) is 43.3 Å². The number of piperidine rings is 1. The van der Waals surface area contributed by atoms with Gasteiger partial charge in [0.1, 0.15) is 0 Å². The third kappa shape index (κ3) is 4.79. The van der Waals surface area contributed by atoms with E-state index >= 15 is 0 Å². The number of hydrogen-bond donors (Lipinski definition) is 1. The summed E-state index contributed by atoms with van der Waals surface area (Å²) in [6.07, 6.45) is 1.65. The van der Waals surface area contributed by atoms with Crippen LogP contribution in [0.1, 0.15) is 29.9 Å². The molecule has 1 aliphatic heterocycles. The van der Waals surface area contributed by atoms with Crippen LogP contribution in [-0.4, -0.2) is 34.0 Å². The molecule has 1 fully saturated rings. The summed E-state index contributed by atoms with van der Waals surface area (Å²) < 4.78 is 6.42. The zero-order valence-electron chi connectivity index (χ0n) is 17.2. The van der Waals surface area contributed by atoms with Gasteiger partial charge in [-0.2, -0.15) is 4.98 Å². The van der Waals surface area contributed by atoms with Gasteiger partial charge in [-0.05, 0) is 69.1 Å². The minimum Gasteiger partial charge on any atom is -0.338 e. The van der Waals surface area contributed by atoms with Gasteiger partial charge in [0, 0.05) is 21.6 Å². The zero-order chi connectivity index (χ0) is 21.1. The Morgan fingerprint density at radius 1 is 1.20 bits per heavy atom. The van der Waals surface area contributed by atoms with Crippen molar-refractivity contribution in [2.24, 2.45) is 5.92 Å². The predicted octanol–water partition coefficient (Wildman–Crippen LogP) is 4.97. The Labute approximate surface area is 184 Å². The highest BCUT2D eigenvalue weighted by Crippen LogP contribution is 2.24. The number of aryl methyl sites for hydroxylation is 1.